The lowest BCUT2D eigenvalue weighted by Crippen LogP contribution is -2.20. The van der Waals surface area contributed by atoms with Gasteiger partial charge in [-0.2, -0.15) is 16.8 Å². The Hall–Kier alpha value is -0.900. The van der Waals surface area contributed by atoms with Crippen molar-refractivity contribution in [2.75, 3.05) is 0 Å². The number of nitrogens with two attached hydrogens (primary N) is 1. The summed E-state index contributed by atoms with van der Waals surface area (Å²) >= 11 is 0. The van der Waals surface area contributed by atoms with Gasteiger partial charge in [0.1, 0.15) is 4.90 Å². The molecule has 1 rings (SSSR count). The third-order valence-electron chi connectivity index (χ3n) is 1.23. The summed E-state index contributed by atoms with van der Waals surface area (Å²) in [5, 5.41) is 4.67. The molecule has 1 aromatic rings. The molecule has 0 atom stereocenters. The Bertz CT molecular complexity index is 464. The van der Waals surface area contributed by atoms with E-state index in [-0.39, 0.29) is 0 Å². The van der Waals surface area contributed by atoms with Crippen molar-refractivity contribution in [2.24, 2.45) is 5.14 Å². The van der Waals surface area contributed by atoms with Gasteiger partial charge in [-0.25, -0.2) is 9.11 Å². The predicted molar refractivity (Wildman–Crippen MR) is 42.8 cm³/mol. The SMILES string of the molecule is NS(=O)(=O)n1ccc(S(=O)(=O)O)c1. The Morgan fingerprint density at radius 3 is 2.08 bits per heavy atom. The van der Waals surface area contributed by atoms with Crippen molar-refractivity contribution < 1.29 is 21.4 Å². The highest BCUT2D eigenvalue weighted by Gasteiger charge is 2.14. The summed E-state index contributed by atoms with van der Waals surface area (Å²) in [5.74, 6) is 0. The zero-order valence-corrected chi connectivity index (χ0v) is 7.79. The molecule has 0 aromatic carbocycles. The smallest absolute Gasteiger partial charge is 0.282 e. The maximum absolute atomic E-state index is 10.6. The van der Waals surface area contributed by atoms with Gasteiger partial charge in [-0.15, -0.1) is 0 Å². The summed E-state index contributed by atoms with van der Waals surface area (Å²) in [6, 6.07) is 0.916. The monoisotopic (exact) mass is 226 g/mol. The lowest BCUT2D eigenvalue weighted by molar-refractivity contribution is 0.483. The zero-order chi connectivity index (χ0) is 10.3. The van der Waals surface area contributed by atoms with Crippen molar-refractivity contribution in [1.82, 2.24) is 3.97 Å². The number of hydrogen-bond acceptors (Lipinski definition) is 4. The van der Waals surface area contributed by atoms with Crippen molar-refractivity contribution >= 4 is 20.3 Å². The maximum atomic E-state index is 10.6. The second-order valence-corrected chi connectivity index (χ2v) is 5.07. The molecule has 0 fully saturated rings. The molecule has 0 bridgehead atoms. The van der Waals surface area contributed by atoms with Crippen LogP contribution in [0.3, 0.4) is 0 Å². The fourth-order valence-electron chi connectivity index (χ4n) is 0.669. The van der Waals surface area contributed by atoms with E-state index in [1.807, 2.05) is 0 Å². The normalized spacial score (nSPS) is 13.1. The summed E-state index contributed by atoms with van der Waals surface area (Å²) in [4.78, 5) is -0.526. The van der Waals surface area contributed by atoms with Gasteiger partial charge in [0.2, 0.25) is 0 Å². The van der Waals surface area contributed by atoms with Crippen LogP contribution in [0.4, 0.5) is 0 Å². The van der Waals surface area contributed by atoms with Crippen LogP contribution in [-0.4, -0.2) is 25.4 Å². The van der Waals surface area contributed by atoms with Crippen molar-refractivity contribution in [3.63, 3.8) is 0 Å². The van der Waals surface area contributed by atoms with Gasteiger partial charge < -0.3 is 0 Å². The summed E-state index contributed by atoms with van der Waals surface area (Å²) in [5.41, 5.74) is 0. The first-order valence-corrected chi connectivity index (χ1v) is 5.84. The van der Waals surface area contributed by atoms with E-state index in [1.165, 1.54) is 0 Å². The van der Waals surface area contributed by atoms with Crippen molar-refractivity contribution in [3.8, 4) is 0 Å². The molecule has 0 aliphatic heterocycles. The molecule has 0 radical (unpaired) electrons. The fraction of sp³-hybridized carbons (Fsp3) is 0. The molecule has 0 saturated carbocycles. The molecule has 1 aromatic heterocycles. The lowest BCUT2D eigenvalue weighted by Gasteiger charge is -1.95. The van der Waals surface area contributed by atoms with Crippen LogP contribution in [0.5, 0.6) is 0 Å². The zero-order valence-electron chi connectivity index (χ0n) is 6.15. The fourth-order valence-corrected chi connectivity index (χ4v) is 1.71. The average Bonchev–Trinajstić information content (AvgIpc) is 2.28. The number of nitrogens with zero attached hydrogens (tertiary/aromatic N) is 1. The Labute approximate surface area is 74.7 Å². The molecule has 7 nitrogen and oxygen atoms in total. The number of rotatable bonds is 2. The van der Waals surface area contributed by atoms with Crippen LogP contribution < -0.4 is 5.14 Å². The molecule has 0 amide bonds. The average molecular weight is 226 g/mol. The highest BCUT2D eigenvalue weighted by molar-refractivity contribution is 7.87. The van der Waals surface area contributed by atoms with Crippen molar-refractivity contribution in [1.29, 1.82) is 0 Å². The third-order valence-corrected chi connectivity index (χ3v) is 2.88. The van der Waals surface area contributed by atoms with E-state index in [2.05, 4.69) is 5.14 Å². The molecule has 1 heterocycles. The molecule has 9 heteroatoms. The van der Waals surface area contributed by atoms with E-state index in [1.54, 1.807) is 0 Å². The molecule has 0 aliphatic rings. The summed E-state index contributed by atoms with van der Waals surface area (Å²) in [6.45, 7) is 0. The summed E-state index contributed by atoms with van der Waals surface area (Å²) < 4.78 is 51.2. The number of hydrogen-bond donors (Lipinski definition) is 2. The van der Waals surface area contributed by atoms with Crippen LogP contribution in [0, 0.1) is 0 Å². The predicted octanol–water partition coefficient (Wildman–Crippen LogP) is -1.21. The maximum Gasteiger partial charge on any atom is 0.302 e. The molecular weight excluding hydrogens is 220 g/mol. The van der Waals surface area contributed by atoms with Gasteiger partial charge in [0.05, 0.1) is 0 Å². The molecule has 0 spiro atoms. The first kappa shape index (κ1) is 10.2. The van der Waals surface area contributed by atoms with Gasteiger partial charge in [0, 0.05) is 12.4 Å². The van der Waals surface area contributed by atoms with E-state index >= 15 is 0 Å². The van der Waals surface area contributed by atoms with E-state index in [0.717, 1.165) is 12.3 Å². The van der Waals surface area contributed by atoms with Crippen molar-refractivity contribution in [2.45, 2.75) is 4.90 Å². The van der Waals surface area contributed by atoms with Crippen LogP contribution in [-0.2, 0) is 20.3 Å². The van der Waals surface area contributed by atoms with E-state index < -0.39 is 25.2 Å². The van der Waals surface area contributed by atoms with Gasteiger partial charge in [-0.05, 0) is 6.07 Å². The molecule has 0 unspecified atom stereocenters. The van der Waals surface area contributed by atoms with Crippen LogP contribution >= 0.6 is 0 Å². The minimum absolute atomic E-state index is 0.482. The van der Waals surface area contributed by atoms with Gasteiger partial charge in [0.25, 0.3) is 10.1 Å². The van der Waals surface area contributed by atoms with Crippen LogP contribution in [0.25, 0.3) is 0 Å². The Kier molecular flexibility index (Phi) is 2.20. The largest absolute Gasteiger partial charge is 0.302 e. The standard InChI is InChI=1S/C4H6N2O5S2/c5-13(10,11)6-2-1-4(3-6)12(7,8)9/h1-3H,(H2,5,10,11)(H,7,8,9). The van der Waals surface area contributed by atoms with Crippen LogP contribution in [0.15, 0.2) is 23.4 Å². The molecular formula is C4H6N2O5S2. The molecule has 0 saturated heterocycles. The summed E-state index contributed by atoms with van der Waals surface area (Å²) in [7, 11) is -8.38. The van der Waals surface area contributed by atoms with Crippen LogP contribution in [0.1, 0.15) is 0 Å². The Balaban J connectivity index is 3.32. The van der Waals surface area contributed by atoms with Gasteiger partial charge >= 0.3 is 10.2 Å². The Morgan fingerprint density at radius 1 is 1.31 bits per heavy atom. The topological polar surface area (TPSA) is 119 Å². The minimum atomic E-state index is -4.38. The van der Waals surface area contributed by atoms with E-state index in [9.17, 15) is 16.8 Å². The highest BCUT2D eigenvalue weighted by atomic mass is 32.2. The Morgan fingerprint density at radius 2 is 1.85 bits per heavy atom. The molecule has 74 valence electrons. The van der Waals surface area contributed by atoms with E-state index in [0.29, 0.717) is 10.2 Å². The van der Waals surface area contributed by atoms with Gasteiger partial charge in [-0.1, -0.05) is 0 Å². The second kappa shape index (κ2) is 2.80. The molecule has 0 aliphatic carbocycles. The molecule has 3 N–H and O–H groups in total. The number of aromatic nitrogens is 1. The lowest BCUT2D eigenvalue weighted by atomic mass is 10.7. The third kappa shape index (κ3) is 2.28. The minimum Gasteiger partial charge on any atom is -0.282 e. The van der Waals surface area contributed by atoms with E-state index in [4.69, 9.17) is 4.55 Å². The highest BCUT2D eigenvalue weighted by Crippen LogP contribution is 2.08. The summed E-state index contributed by atoms with van der Waals surface area (Å²) in [6.07, 6.45) is 1.61. The van der Waals surface area contributed by atoms with Gasteiger partial charge in [-0.3, -0.25) is 4.55 Å². The van der Waals surface area contributed by atoms with Gasteiger partial charge in [0.15, 0.2) is 0 Å². The first-order chi connectivity index (χ1) is 5.71. The van der Waals surface area contributed by atoms with Crippen LogP contribution in [0.2, 0.25) is 0 Å². The second-order valence-electron chi connectivity index (χ2n) is 2.20. The molecule has 13 heavy (non-hydrogen) atoms. The van der Waals surface area contributed by atoms with Crippen molar-refractivity contribution in [3.05, 3.63) is 18.5 Å². The first-order valence-electron chi connectivity index (χ1n) is 2.90. The quantitative estimate of drug-likeness (QED) is 0.613.